The van der Waals surface area contributed by atoms with Gasteiger partial charge in [0.15, 0.2) is 5.76 Å². The van der Waals surface area contributed by atoms with Gasteiger partial charge in [0.05, 0.1) is 18.9 Å². The Balaban J connectivity index is 1.50. The van der Waals surface area contributed by atoms with Crippen LogP contribution in [0.5, 0.6) is 5.88 Å². The van der Waals surface area contributed by atoms with Crippen LogP contribution in [-0.2, 0) is 4.74 Å². The standard InChI is InChI=1S/C18H20N2O4/c1-12-7-10-22-16(12)18(21)20-9-11-23-17-13(20)5-6-14(17)24-15-4-2-3-8-19-15/h2-4,7-8,10,13-14,17H,5-6,9,11H2,1H3/t13-,14+,17+/m0/s1. The number of pyridine rings is 1. The van der Waals surface area contributed by atoms with Gasteiger partial charge in [-0.15, -0.1) is 0 Å². The third-order valence-electron chi connectivity index (χ3n) is 4.76. The summed E-state index contributed by atoms with van der Waals surface area (Å²) in [4.78, 5) is 18.9. The van der Waals surface area contributed by atoms with Gasteiger partial charge >= 0.3 is 0 Å². The van der Waals surface area contributed by atoms with Crippen molar-refractivity contribution in [2.24, 2.45) is 0 Å². The smallest absolute Gasteiger partial charge is 0.290 e. The van der Waals surface area contributed by atoms with Crippen LogP contribution in [0.1, 0.15) is 29.0 Å². The molecule has 0 aromatic carbocycles. The quantitative estimate of drug-likeness (QED) is 0.866. The molecule has 126 valence electrons. The number of carbonyl (C=O) groups is 1. The fourth-order valence-corrected chi connectivity index (χ4v) is 3.59. The van der Waals surface area contributed by atoms with Gasteiger partial charge < -0.3 is 18.8 Å². The molecule has 6 nitrogen and oxygen atoms in total. The average molecular weight is 328 g/mol. The highest BCUT2D eigenvalue weighted by molar-refractivity contribution is 5.93. The molecule has 0 unspecified atom stereocenters. The number of morpholine rings is 1. The van der Waals surface area contributed by atoms with Gasteiger partial charge in [-0.1, -0.05) is 6.07 Å². The Morgan fingerprint density at radius 1 is 1.33 bits per heavy atom. The second-order valence-corrected chi connectivity index (χ2v) is 6.24. The molecule has 3 atom stereocenters. The molecule has 2 aromatic heterocycles. The summed E-state index contributed by atoms with van der Waals surface area (Å²) in [5, 5.41) is 0. The number of hydrogen-bond donors (Lipinski definition) is 0. The summed E-state index contributed by atoms with van der Waals surface area (Å²) in [6, 6.07) is 7.42. The van der Waals surface area contributed by atoms with E-state index < -0.39 is 0 Å². The van der Waals surface area contributed by atoms with Crippen LogP contribution in [0.15, 0.2) is 41.1 Å². The second-order valence-electron chi connectivity index (χ2n) is 6.24. The molecule has 1 saturated heterocycles. The maximum atomic E-state index is 12.8. The van der Waals surface area contributed by atoms with E-state index in [-0.39, 0.29) is 24.2 Å². The lowest BCUT2D eigenvalue weighted by Crippen LogP contribution is -2.54. The molecule has 2 aliphatic rings. The van der Waals surface area contributed by atoms with Crippen LogP contribution < -0.4 is 4.74 Å². The Morgan fingerprint density at radius 3 is 3.00 bits per heavy atom. The predicted molar refractivity (Wildman–Crippen MR) is 85.9 cm³/mol. The van der Waals surface area contributed by atoms with Crippen LogP contribution in [0.4, 0.5) is 0 Å². The Hall–Kier alpha value is -2.34. The van der Waals surface area contributed by atoms with Gasteiger partial charge in [-0.05, 0) is 31.9 Å². The van der Waals surface area contributed by atoms with E-state index in [0.717, 1.165) is 18.4 Å². The van der Waals surface area contributed by atoms with Crippen molar-refractivity contribution in [2.45, 2.75) is 38.0 Å². The van der Waals surface area contributed by atoms with Crippen LogP contribution in [0, 0.1) is 6.92 Å². The van der Waals surface area contributed by atoms with Gasteiger partial charge in [-0.2, -0.15) is 0 Å². The summed E-state index contributed by atoms with van der Waals surface area (Å²) in [6.45, 7) is 2.97. The van der Waals surface area contributed by atoms with Crippen molar-refractivity contribution in [1.29, 1.82) is 0 Å². The molecular weight excluding hydrogens is 308 g/mol. The lowest BCUT2D eigenvalue weighted by atomic mass is 10.1. The lowest BCUT2D eigenvalue weighted by Gasteiger charge is -2.38. The summed E-state index contributed by atoms with van der Waals surface area (Å²) in [6.07, 6.45) is 4.75. The van der Waals surface area contributed by atoms with E-state index >= 15 is 0 Å². The average Bonchev–Trinajstić information content (AvgIpc) is 3.22. The zero-order chi connectivity index (χ0) is 16.5. The molecule has 2 fully saturated rings. The zero-order valence-electron chi connectivity index (χ0n) is 13.6. The molecular formula is C18H20N2O4. The van der Waals surface area contributed by atoms with Crippen LogP contribution in [-0.4, -0.2) is 47.2 Å². The molecule has 24 heavy (non-hydrogen) atoms. The van der Waals surface area contributed by atoms with Crippen LogP contribution in [0.2, 0.25) is 0 Å². The normalized spacial score (nSPS) is 26.2. The number of furan rings is 1. The SMILES string of the molecule is Cc1ccoc1C(=O)N1CCO[C@H]2[C@H](Oc3ccccn3)CC[C@@H]21. The largest absolute Gasteiger partial charge is 0.471 e. The number of nitrogens with zero attached hydrogens (tertiary/aromatic N) is 2. The minimum atomic E-state index is -0.125. The third-order valence-corrected chi connectivity index (χ3v) is 4.76. The molecule has 1 aliphatic heterocycles. The molecule has 6 heteroatoms. The van der Waals surface area contributed by atoms with Crippen LogP contribution >= 0.6 is 0 Å². The first kappa shape index (κ1) is 15.2. The van der Waals surface area contributed by atoms with Crippen molar-refractivity contribution in [3.63, 3.8) is 0 Å². The highest BCUT2D eigenvalue weighted by Gasteiger charge is 2.46. The number of hydrogen-bond acceptors (Lipinski definition) is 5. The number of carbonyl (C=O) groups excluding carboxylic acids is 1. The van der Waals surface area contributed by atoms with Crippen molar-refractivity contribution in [3.05, 3.63) is 48.0 Å². The summed E-state index contributed by atoms with van der Waals surface area (Å²) in [5.41, 5.74) is 0.863. The molecule has 0 radical (unpaired) electrons. The van der Waals surface area contributed by atoms with Gasteiger partial charge in [0.1, 0.15) is 12.2 Å². The molecule has 1 aliphatic carbocycles. The summed E-state index contributed by atoms with van der Waals surface area (Å²) >= 11 is 0. The Labute approximate surface area is 140 Å². The topological polar surface area (TPSA) is 64.8 Å². The highest BCUT2D eigenvalue weighted by atomic mass is 16.5. The molecule has 4 rings (SSSR count). The minimum Gasteiger partial charge on any atom is -0.471 e. The van der Waals surface area contributed by atoms with Crippen molar-refractivity contribution in [2.75, 3.05) is 13.2 Å². The molecule has 1 amide bonds. The highest BCUT2D eigenvalue weighted by Crippen LogP contribution is 2.33. The van der Waals surface area contributed by atoms with Crippen LogP contribution in [0.3, 0.4) is 0 Å². The molecule has 0 bridgehead atoms. The van der Waals surface area contributed by atoms with E-state index in [2.05, 4.69) is 4.98 Å². The van der Waals surface area contributed by atoms with Gasteiger partial charge in [-0.3, -0.25) is 4.79 Å². The maximum absolute atomic E-state index is 12.8. The maximum Gasteiger partial charge on any atom is 0.290 e. The Bertz CT molecular complexity index is 715. The van der Waals surface area contributed by atoms with Gasteiger partial charge in [0.2, 0.25) is 5.88 Å². The Kier molecular flexibility index (Phi) is 3.98. The number of aryl methyl sites for hydroxylation is 1. The van der Waals surface area contributed by atoms with E-state index in [1.807, 2.05) is 36.1 Å². The minimum absolute atomic E-state index is 0.0180. The lowest BCUT2D eigenvalue weighted by molar-refractivity contribution is -0.0798. The summed E-state index contributed by atoms with van der Waals surface area (Å²) < 4.78 is 17.3. The predicted octanol–water partition coefficient (Wildman–Crippen LogP) is 2.43. The number of fused-ring (bicyclic) bond motifs is 1. The van der Waals surface area contributed by atoms with Gasteiger partial charge in [-0.25, -0.2) is 4.98 Å². The number of ether oxygens (including phenoxy) is 2. The first-order chi connectivity index (χ1) is 11.7. The van der Waals surface area contributed by atoms with E-state index in [9.17, 15) is 4.79 Å². The van der Waals surface area contributed by atoms with E-state index in [4.69, 9.17) is 13.9 Å². The molecule has 3 heterocycles. The van der Waals surface area contributed by atoms with E-state index in [0.29, 0.717) is 24.8 Å². The van der Waals surface area contributed by atoms with Crippen LogP contribution in [0.25, 0.3) is 0 Å². The summed E-state index contributed by atoms with van der Waals surface area (Å²) in [5.74, 6) is 0.955. The number of rotatable bonds is 3. The first-order valence-corrected chi connectivity index (χ1v) is 8.28. The Morgan fingerprint density at radius 2 is 2.25 bits per heavy atom. The van der Waals surface area contributed by atoms with E-state index in [1.165, 1.54) is 0 Å². The molecule has 0 N–H and O–H groups in total. The second kappa shape index (κ2) is 6.28. The van der Waals surface area contributed by atoms with Crippen molar-refractivity contribution < 1.29 is 18.7 Å². The molecule has 2 aromatic rings. The van der Waals surface area contributed by atoms with Crippen molar-refractivity contribution in [3.8, 4) is 5.88 Å². The summed E-state index contributed by atoms with van der Waals surface area (Å²) in [7, 11) is 0. The molecule has 0 spiro atoms. The number of amides is 1. The third kappa shape index (κ3) is 2.67. The van der Waals surface area contributed by atoms with E-state index in [1.54, 1.807) is 12.5 Å². The fraction of sp³-hybridized carbons (Fsp3) is 0.444. The molecule has 1 saturated carbocycles. The zero-order valence-corrected chi connectivity index (χ0v) is 13.6. The fourth-order valence-electron chi connectivity index (χ4n) is 3.59. The number of aromatic nitrogens is 1. The monoisotopic (exact) mass is 328 g/mol. The van der Waals surface area contributed by atoms with Crippen molar-refractivity contribution >= 4 is 5.91 Å². The van der Waals surface area contributed by atoms with Gasteiger partial charge in [0.25, 0.3) is 5.91 Å². The first-order valence-electron chi connectivity index (χ1n) is 8.28. The van der Waals surface area contributed by atoms with Gasteiger partial charge in [0, 0.05) is 24.4 Å². The van der Waals surface area contributed by atoms with Crippen molar-refractivity contribution in [1.82, 2.24) is 9.88 Å².